The summed E-state index contributed by atoms with van der Waals surface area (Å²) >= 11 is 5.94. The number of nitrogens with zero attached hydrogens (tertiary/aromatic N) is 1. The molecular weight excluding hydrogens is 416 g/mol. The Morgan fingerprint density at radius 2 is 1.87 bits per heavy atom. The van der Waals surface area contributed by atoms with Crippen molar-refractivity contribution in [3.63, 3.8) is 0 Å². The van der Waals surface area contributed by atoms with Gasteiger partial charge in [-0.1, -0.05) is 19.9 Å². The molecule has 31 heavy (non-hydrogen) atoms. The maximum atomic E-state index is 13.5. The van der Waals surface area contributed by atoms with Crippen molar-refractivity contribution in [3.05, 3.63) is 23.8 Å². The minimum absolute atomic E-state index is 0.0513. The molecule has 172 valence electrons. The number of carbonyl (C=O) groups is 2. The van der Waals surface area contributed by atoms with Crippen LogP contribution in [0.2, 0.25) is 0 Å². The number of carbonyl (C=O) groups excluding carboxylic acids is 2. The molecular formula is C24H35ClN2O4. The Bertz CT molecular complexity index is 760. The Labute approximate surface area is 190 Å². The molecule has 7 heteroatoms. The van der Waals surface area contributed by atoms with Crippen LogP contribution in [-0.2, 0) is 9.59 Å². The number of rotatable bonds is 10. The summed E-state index contributed by atoms with van der Waals surface area (Å²) in [6, 6.07) is 4.96. The van der Waals surface area contributed by atoms with Gasteiger partial charge in [0.2, 0.25) is 11.8 Å². The van der Waals surface area contributed by atoms with Crippen molar-refractivity contribution in [2.24, 2.45) is 5.92 Å². The second kappa shape index (κ2) is 11.1. The quantitative estimate of drug-likeness (QED) is 0.535. The third-order valence-corrected chi connectivity index (χ3v) is 6.43. The number of hydrogen-bond acceptors (Lipinski definition) is 4. The molecule has 0 aliphatic heterocycles. The van der Waals surface area contributed by atoms with Gasteiger partial charge in [-0.2, -0.15) is 0 Å². The minimum Gasteiger partial charge on any atom is -0.493 e. The lowest BCUT2D eigenvalue weighted by molar-refractivity contribution is -0.140. The number of halogens is 1. The Balaban J connectivity index is 1.89. The van der Waals surface area contributed by atoms with Crippen LogP contribution >= 0.6 is 11.6 Å². The van der Waals surface area contributed by atoms with Gasteiger partial charge < -0.3 is 19.7 Å². The lowest BCUT2D eigenvalue weighted by Gasteiger charge is -2.34. The first kappa shape index (κ1) is 23.7. The number of methoxy groups -OCH3 is 1. The molecule has 3 rings (SSSR count). The van der Waals surface area contributed by atoms with Gasteiger partial charge >= 0.3 is 0 Å². The fourth-order valence-corrected chi connectivity index (χ4v) is 4.43. The Morgan fingerprint density at radius 1 is 1.16 bits per heavy atom. The average Bonchev–Trinajstić information content (AvgIpc) is 3.62. The zero-order chi connectivity index (χ0) is 22.4. The lowest BCUT2D eigenvalue weighted by atomic mass is 9.87. The van der Waals surface area contributed by atoms with Gasteiger partial charge in [-0.15, -0.1) is 11.6 Å². The van der Waals surface area contributed by atoms with Crippen LogP contribution in [-0.4, -0.2) is 48.4 Å². The number of nitrogens with one attached hydrogen (secondary N) is 1. The normalized spacial score (nSPS) is 21.8. The largest absolute Gasteiger partial charge is 0.493 e. The molecule has 0 spiro atoms. The van der Waals surface area contributed by atoms with E-state index in [2.05, 4.69) is 12.2 Å². The molecule has 0 saturated heterocycles. The zero-order valence-electron chi connectivity index (χ0n) is 18.9. The van der Waals surface area contributed by atoms with Crippen molar-refractivity contribution < 1.29 is 19.1 Å². The van der Waals surface area contributed by atoms with Crippen molar-refractivity contribution in [2.75, 3.05) is 19.6 Å². The molecule has 6 nitrogen and oxygen atoms in total. The van der Waals surface area contributed by atoms with Crippen molar-refractivity contribution in [3.8, 4) is 11.5 Å². The molecule has 2 amide bonds. The molecule has 0 heterocycles. The van der Waals surface area contributed by atoms with E-state index in [0.29, 0.717) is 29.6 Å². The molecule has 1 aromatic carbocycles. The fourth-order valence-electron chi connectivity index (χ4n) is 4.29. The third kappa shape index (κ3) is 6.06. The zero-order valence-corrected chi connectivity index (χ0v) is 19.6. The third-order valence-electron chi connectivity index (χ3n) is 6.20. The number of alkyl halides is 1. The van der Waals surface area contributed by atoms with E-state index < -0.39 is 6.04 Å². The lowest BCUT2D eigenvalue weighted by Crippen LogP contribution is -2.48. The molecule has 2 aliphatic rings. The molecule has 1 aromatic rings. The van der Waals surface area contributed by atoms with E-state index in [1.807, 2.05) is 25.1 Å². The van der Waals surface area contributed by atoms with E-state index in [1.165, 1.54) is 0 Å². The number of ether oxygens (including phenoxy) is 2. The maximum Gasteiger partial charge on any atom is 0.247 e. The van der Waals surface area contributed by atoms with Crippen LogP contribution in [0.15, 0.2) is 18.2 Å². The number of benzene rings is 1. The van der Waals surface area contributed by atoms with Gasteiger partial charge in [0.05, 0.1) is 13.7 Å². The van der Waals surface area contributed by atoms with Crippen LogP contribution in [0.4, 0.5) is 0 Å². The molecule has 2 fully saturated rings. The van der Waals surface area contributed by atoms with Crippen molar-refractivity contribution in [2.45, 2.75) is 76.9 Å². The summed E-state index contributed by atoms with van der Waals surface area (Å²) < 4.78 is 11.3. The molecule has 2 aliphatic carbocycles. The van der Waals surface area contributed by atoms with E-state index in [0.717, 1.165) is 44.9 Å². The van der Waals surface area contributed by atoms with Gasteiger partial charge in [0.25, 0.3) is 0 Å². The molecule has 0 radical (unpaired) electrons. The second-order valence-electron chi connectivity index (χ2n) is 8.79. The van der Waals surface area contributed by atoms with Crippen LogP contribution in [0.3, 0.4) is 0 Å². The molecule has 0 unspecified atom stereocenters. The molecule has 0 aromatic heterocycles. The minimum atomic E-state index is -0.729. The van der Waals surface area contributed by atoms with Crippen molar-refractivity contribution >= 4 is 23.4 Å². The summed E-state index contributed by atoms with van der Waals surface area (Å²) in [5.74, 6) is 1.39. The molecule has 1 N–H and O–H groups in total. The first-order chi connectivity index (χ1) is 15.0. The monoisotopic (exact) mass is 450 g/mol. The highest BCUT2D eigenvalue weighted by Gasteiger charge is 2.41. The second-order valence-corrected chi connectivity index (χ2v) is 9.06. The van der Waals surface area contributed by atoms with Crippen LogP contribution in [0.1, 0.15) is 70.4 Å². The van der Waals surface area contributed by atoms with Gasteiger partial charge in [0.1, 0.15) is 11.9 Å². The average molecular weight is 451 g/mol. The van der Waals surface area contributed by atoms with Crippen molar-refractivity contribution in [1.29, 1.82) is 0 Å². The Morgan fingerprint density at radius 3 is 2.45 bits per heavy atom. The van der Waals surface area contributed by atoms with E-state index >= 15 is 0 Å². The molecule has 1 atom stereocenters. The van der Waals surface area contributed by atoms with Gasteiger partial charge in [-0.3, -0.25) is 9.59 Å². The summed E-state index contributed by atoms with van der Waals surface area (Å²) in [7, 11) is 1.58. The molecule has 2 saturated carbocycles. The van der Waals surface area contributed by atoms with Gasteiger partial charge in [0, 0.05) is 12.1 Å². The van der Waals surface area contributed by atoms with Crippen LogP contribution in [0.5, 0.6) is 11.5 Å². The SMILES string of the molecule is CCCOc1ccc([C@H](C(=O)NC2CCC(C)CC2)N(C(=O)CCl)C2CC2)cc1OC. The van der Waals surface area contributed by atoms with Gasteiger partial charge in [-0.25, -0.2) is 0 Å². The van der Waals surface area contributed by atoms with Crippen LogP contribution < -0.4 is 14.8 Å². The number of hydrogen-bond donors (Lipinski definition) is 1. The summed E-state index contributed by atoms with van der Waals surface area (Å²) in [6.45, 7) is 4.88. The van der Waals surface area contributed by atoms with E-state index in [-0.39, 0.29) is 29.8 Å². The predicted molar refractivity (Wildman–Crippen MR) is 122 cm³/mol. The van der Waals surface area contributed by atoms with Crippen LogP contribution in [0, 0.1) is 5.92 Å². The summed E-state index contributed by atoms with van der Waals surface area (Å²) in [4.78, 5) is 28.0. The van der Waals surface area contributed by atoms with Gasteiger partial charge in [0.15, 0.2) is 11.5 Å². The van der Waals surface area contributed by atoms with Gasteiger partial charge in [-0.05, 0) is 68.6 Å². The fraction of sp³-hybridized carbons (Fsp3) is 0.667. The highest BCUT2D eigenvalue weighted by atomic mass is 35.5. The first-order valence-electron chi connectivity index (χ1n) is 11.5. The Kier molecular flexibility index (Phi) is 8.47. The van der Waals surface area contributed by atoms with E-state index in [9.17, 15) is 9.59 Å². The van der Waals surface area contributed by atoms with Crippen LogP contribution in [0.25, 0.3) is 0 Å². The highest BCUT2D eigenvalue weighted by Crippen LogP contribution is 2.38. The summed E-state index contributed by atoms with van der Waals surface area (Å²) in [5.41, 5.74) is 0.716. The summed E-state index contributed by atoms with van der Waals surface area (Å²) in [6.07, 6.45) is 6.83. The standard InChI is InChI=1S/C24H35ClN2O4/c1-4-13-31-20-12-7-17(14-21(20)30-3)23(27(19-10-11-19)22(28)15-25)24(29)26-18-8-5-16(2)6-9-18/h7,12,14,16,18-19,23H,4-6,8-11,13,15H2,1-3H3,(H,26,29)/t16?,18?,23-/m1/s1. The first-order valence-corrected chi connectivity index (χ1v) is 12.0. The molecule has 0 bridgehead atoms. The maximum absolute atomic E-state index is 13.5. The predicted octanol–water partition coefficient (Wildman–Crippen LogP) is 4.45. The Hall–Kier alpha value is -1.95. The summed E-state index contributed by atoms with van der Waals surface area (Å²) in [5, 5.41) is 3.22. The van der Waals surface area contributed by atoms with E-state index in [4.69, 9.17) is 21.1 Å². The van der Waals surface area contributed by atoms with E-state index in [1.54, 1.807) is 12.0 Å². The number of amides is 2. The smallest absolute Gasteiger partial charge is 0.247 e. The topological polar surface area (TPSA) is 67.9 Å². The highest BCUT2D eigenvalue weighted by molar-refractivity contribution is 6.27. The van der Waals surface area contributed by atoms with Crippen molar-refractivity contribution in [1.82, 2.24) is 10.2 Å².